The standard InChI is InChI=1S/C25H17F2N9/c1-3-12-16(26)9-29-18-5-20(33-22(12)18)35-24-14-7-28-8-15(14)25(32-11-31-24)36-21-6-19-23(34-21)13(4-2)17(27)10-30-19/h3-11,28,33-34H,1-2H2,(H,31,32,35,36). The lowest BCUT2D eigenvalue weighted by molar-refractivity contribution is 0.621. The molecule has 9 nitrogen and oxygen atoms in total. The Kier molecular flexibility index (Phi) is 4.88. The molecule has 176 valence electrons. The smallest absolute Gasteiger partial charge is 0.165 e. The molecule has 0 aliphatic rings. The number of aromatic nitrogens is 7. The minimum absolute atomic E-state index is 0.320. The first-order valence-corrected chi connectivity index (χ1v) is 10.8. The summed E-state index contributed by atoms with van der Waals surface area (Å²) in [5.74, 6) is 0.558. The zero-order chi connectivity index (χ0) is 24.8. The van der Waals surface area contributed by atoms with Gasteiger partial charge in [0.1, 0.15) is 23.8 Å². The van der Waals surface area contributed by atoms with E-state index in [1.165, 1.54) is 18.5 Å². The zero-order valence-corrected chi connectivity index (χ0v) is 18.6. The van der Waals surface area contributed by atoms with E-state index in [2.05, 4.69) is 58.4 Å². The highest BCUT2D eigenvalue weighted by atomic mass is 19.1. The summed E-state index contributed by atoms with van der Waals surface area (Å²) in [4.78, 5) is 30.9. The predicted molar refractivity (Wildman–Crippen MR) is 135 cm³/mol. The number of hydrogen-bond acceptors (Lipinski definition) is 6. The lowest BCUT2D eigenvalue weighted by Crippen LogP contribution is -2.03. The van der Waals surface area contributed by atoms with Crippen LogP contribution in [-0.4, -0.2) is 34.9 Å². The van der Waals surface area contributed by atoms with Crippen LogP contribution in [0.3, 0.4) is 0 Å². The molecule has 0 aromatic carbocycles. The Balaban J connectivity index is 1.46. The second-order valence-electron chi connectivity index (χ2n) is 7.87. The first-order chi connectivity index (χ1) is 17.6. The molecule has 0 saturated heterocycles. The van der Waals surface area contributed by atoms with E-state index >= 15 is 0 Å². The van der Waals surface area contributed by atoms with Gasteiger partial charge in [0.2, 0.25) is 0 Å². The van der Waals surface area contributed by atoms with E-state index in [0.717, 1.165) is 12.4 Å². The summed E-state index contributed by atoms with van der Waals surface area (Å²) < 4.78 is 28.2. The average Bonchev–Trinajstić information content (AvgIpc) is 3.58. The number of nitrogens with one attached hydrogen (secondary N) is 4. The van der Waals surface area contributed by atoms with Crippen molar-refractivity contribution < 1.29 is 8.78 Å². The van der Waals surface area contributed by atoms with Crippen LogP contribution in [0.4, 0.5) is 26.2 Å². The minimum Gasteiger partial charge on any atom is -0.366 e. The Morgan fingerprint density at radius 3 is 2.22 bits per heavy atom. The number of aromatic amines is 3. The van der Waals surface area contributed by atoms with E-state index in [-0.39, 0.29) is 0 Å². The number of anilines is 2. The molecule has 0 spiro atoms. The van der Waals surface area contributed by atoms with Crippen LogP contribution in [0.2, 0.25) is 0 Å². The van der Waals surface area contributed by atoms with E-state index < -0.39 is 11.6 Å². The second-order valence-corrected chi connectivity index (χ2v) is 7.87. The van der Waals surface area contributed by atoms with Crippen molar-refractivity contribution in [2.45, 2.75) is 0 Å². The molecule has 6 aromatic heterocycles. The van der Waals surface area contributed by atoms with Gasteiger partial charge in [0.25, 0.3) is 0 Å². The molecular weight excluding hydrogens is 464 g/mol. The van der Waals surface area contributed by atoms with E-state index in [1.807, 2.05) is 0 Å². The third-order valence-electron chi connectivity index (χ3n) is 5.76. The number of H-pyrrole nitrogens is 3. The van der Waals surface area contributed by atoms with Crippen molar-refractivity contribution in [3.8, 4) is 0 Å². The molecule has 0 aliphatic heterocycles. The van der Waals surface area contributed by atoms with Gasteiger partial charge in [-0.15, -0.1) is 0 Å². The van der Waals surface area contributed by atoms with Gasteiger partial charge < -0.3 is 20.3 Å². The molecule has 0 bridgehead atoms. The maximum Gasteiger partial charge on any atom is 0.165 e. The Morgan fingerprint density at radius 1 is 0.833 bits per heavy atom. The van der Waals surface area contributed by atoms with Gasteiger partial charge >= 0.3 is 0 Å². The lowest BCUT2D eigenvalue weighted by atomic mass is 10.2. The van der Waals surface area contributed by atoms with Gasteiger partial charge in [0.15, 0.2) is 17.1 Å². The van der Waals surface area contributed by atoms with Crippen LogP contribution in [0.25, 0.3) is 45.0 Å². The molecule has 4 N–H and O–H groups in total. The molecule has 0 saturated carbocycles. The average molecular weight is 481 g/mol. The van der Waals surface area contributed by atoms with Gasteiger partial charge in [-0.3, -0.25) is 9.97 Å². The first kappa shape index (κ1) is 21.4. The molecule has 0 amide bonds. The number of hydrogen-bond donors (Lipinski definition) is 4. The lowest BCUT2D eigenvalue weighted by Gasteiger charge is -2.01. The molecule has 0 unspecified atom stereocenters. The zero-order valence-electron chi connectivity index (χ0n) is 18.6. The van der Waals surface area contributed by atoms with E-state index in [0.29, 0.717) is 66.9 Å². The molecule has 6 rings (SSSR count). The summed E-state index contributed by atoms with van der Waals surface area (Å²) in [5, 5.41) is 4.60. The van der Waals surface area contributed by atoms with Gasteiger partial charge in [-0.25, -0.2) is 23.7 Å². The molecule has 0 radical (unpaired) electrons. The van der Waals surface area contributed by atoms with Gasteiger partial charge in [-0.2, -0.15) is 0 Å². The van der Waals surface area contributed by atoms with E-state index in [9.17, 15) is 8.78 Å². The largest absolute Gasteiger partial charge is 0.366 e. The summed E-state index contributed by atoms with van der Waals surface area (Å²) in [6.45, 7) is 7.35. The minimum atomic E-state index is -0.474. The number of fused-ring (bicyclic) bond motifs is 3. The van der Waals surface area contributed by atoms with Crippen LogP contribution < -0.4 is 10.8 Å². The second kappa shape index (κ2) is 8.24. The molecule has 36 heavy (non-hydrogen) atoms. The predicted octanol–water partition coefficient (Wildman–Crippen LogP) is 5.25. The number of halogens is 2. The van der Waals surface area contributed by atoms with Crippen molar-refractivity contribution in [2.24, 2.45) is 4.99 Å². The number of rotatable bonds is 5. The molecule has 6 aromatic rings. The van der Waals surface area contributed by atoms with Gasteiger partial charge in [-0.05, 0) is 0 Å². The molecule has 0 aliphatic carbocycles. The normalized spacial score (nSPS) is 12.0. The molecular formula is C25H17F2N9. The molecule has 0 fully saturated rings. The summed E-state index contributed by atoms with van der Waals surface area (Å²) in [6, 6.07) is 3.46. The Labute approximate surface area is 201 Å². The van der Waals surface area contributed by atoms with Crippen molar-refractivity contribution >= 4 is 62.4 Å². The first-order valence-electron chi connectivity index (χ1n) is 10.8. The van der Waals surface area contributed by atoms with Crippen LogP contribution in [-0.2, 0) is 0 Å². The third-order valence-corrected chi connectivity index (χ3v) is 5.76. The molecule has 6 heterocycles. The molecule has 11 heteroatoms. The Morgan fingerprint density at radius 2 is 1.50 bits per heavy atom. The fraction of sp³-hybridized carbons (Fsp3) is 0. The Bertz CT molecular complexity index is 1900. The monoisotopic (exact) mass is 481 g/mol. The highest BCUT2D eigenvalue weighted by molar-refractivity contribution is 5.94. The summed E-state index contributed by atoms with van der Waals surface area (Å²) in [5.41, 5.74) is 3.19. The fourth-order valence-electron chi connectivity index (χ4n) is 4.10. The third kappa shape index (κ3) is 3.41. The van der Waals surface area contributed by atoms with Gasteiger partial charge in [-0.1, -0.05) is 25.3 Å². The van der Waals surface area contributed by atoms with Crippen molar-refractivity contribution in [2.75, 3.05) is 5.32 Å². The summed E-state index contributed by atoms with van der Waals surface area (Å²) in [6.07, 6.45) is 10.1. The van der Waals surface area contributed by atoms with Crippen molar-refractivity contribution in [1.82, 2.24) is 34.9 Å². The quantitative estimate of drug-likeness (QED) is 0.268. The van der Waals surface area contributed by atoms with Crippen molar-refractivity contribution in [3.05, 3.63) is 84.7 Å². The number of pyridine rings is 2. The van der Waals surface area contributed by atoms with Gasteiger partial charge in [0, 0.05) is 46.4 Å². The van der Waals surface area contributed by atoms with E-state index in [1.54, 1.807) is 24.5 Å². The Hall–Kier alpha value is -5.19. The molecule has 0 atom stereocenters. The highest BCUT2D eigenvalue weighted by Gasteiger charge is 2.13. The topological polar surface area (TPSA) is 123 Å². The SMILES string of the molecule is C=Cc1c(F)cnc2cc(/N=c3\ncnc(Nc4cc5ncc(F)c(C=C)c5[nH]4)c4c[nH]cc34)[nH]c12. The van der Waals surface area contributed by atoms with Crippen LogP contribution >= 0.6 is 0 Å². The maximum absolute atomic E-state index is 14.1. The number of nitrogens with zero attached hydrogens (tertiary/aromatic N) is 5. The fourth-order valence-corrected chi connectivity index (χ4v) is 4.10. The van der Waals surface area contributed by atoms with Crippen molar-refractivity contribution in [3.63, 3.8) is 0 Å². The summed E-state index contributed by atoms with van der Waals surface area (Å²) >= 11 is 0. The van der Waals surface area contributed by atoms with Crippen LogP contribution in [0, 0.1) is 11.6 Å². The van der Waals surface area contributed by atoms with Crippen molar-refractivity contribution in [1.29, 1.82) is 0 Å². The van der Waals surface area contributed by atoms with Crippen LogP contribution in [0.1, 0.15) is 11.1 Å². The summed E-state index contributed by atoms with van der Waals surface area (Å²) in [7, 11) is 0. The maximum atomic E-state index is 14.1. The van der Waals surface area contributed by atoms with Crippen LogP contribution in [0.5, 0.6) is 0 Å². The highest BCUT2D eigenvalue weighted by Crippen LogP contribution is 2.27. The van der Waals surface area contributed by atoms with E-state index in [4.69, 9.17) is 0 Å². The van der Waals surface area contributed by atoms with Gasteiger partial charge in [0.05, 0.1) is 34.5 Å². The van der Waals surface area contributed by atoms with Crippen LogP contribution in [0.15, 0.2) is 61.4 Å².